The third-order valence-corrected chi connectivity index (χ3v) is 6.59. The van der Waals surface area contributed by atoms with Gasteiger partial charge in [0.15, 0.2) is 0 Å². The number of ether oxygens (including phenoxy) is 1. The fourth-order valence-electron chi connectivity index (χ4n) is 3.33. The van der Waals surface area contributed by atoms with Crippen molar-refractivity contribution < 1.29 is 45.9 Å². The Kier molecular flexibility index (Phi) is 5.86. The number of nitrogens with two attached hydrogens (primary N) is 1. The molecule has 0 radical (unpaired) electrons. The number of hydrogen-bond donors (Lipinski definition) is 3. The SMILES string of the molecule is Nc1nc(=O)n([C@@H]2O[C@@](CO[PH]3(O)OCc4ccccc4O3)(C(F)F)[C@H](O)[C@H]2F)cc1F. The van der Waals surface area contributed by atoms with Crippen molar-refractivity contribution in [2.45, 2.75) is 37.1 Å². The molecule has 2 aliphatic rings. The number of halogens is 4. The summed E-state index contributed by atoms with van der Waals surface area (Å²) in [5.74, 6) is -1.82. The normalized spacial score (nSPS) is 30.0. The summed E-state index contributed by atoms with van der Waals surface area (Å²) >= 11 is 0. The van der Waals surface area contributed by atoms with Crippen LogP contribution < -0.4 is 15.9 Å². The van der Waals surface area contributed by atoms with Crippen molar-refractivity contribution >= 4 is 14.0 Å². The number of fused-ring (bicyclic) bond motifs is 1. The van der Waals surface area contributed by atoms with Crippen LogP contribution in [0, 0.1) is 5.82 Å². The minimum atomic E-state index is -4.53. The Balaban J connectivity index is 1.59. The first-order valence-corrected chi connectivity index (χ1v) is 10.8. The van der Waals surface area contributed by atoms with E-state index < -0.39 is 62.6 Å². The molecule has 0 bridgehead atoms. The molecule has 15 heteroatoms. The number of nitrogens with zero attached hydrogens (tertiary/aromatic N) is 2. The van der Waals surface area contributed by atoms with Crippen LogP contribution in [0.4, 0.5) is 23.4 Å². The van der Waals surface area contributed by atoms with E-state index in [1.54, 1.807) is 18.2 Å². The summed E-state index contributed by atoms with van der Waals surface area (Å²) in [7, 11) is -4.53. The summed E-state index contributed by atoms with van der Waals surface area (Å²) in [4.78, 5) is 25.6. The van der Waals surface area contributed by atoms with E-state index in [-0.39, 0.29) is 16.9 Å². The topological polar surface area (TPSA) is 138 Å². The molecule has 176 valence electrons. The van der Waals surface area contributed by atoms with Gasteiger partial charge in [0.1, 0.15) is 0 Å². The number of nitrogen functional groups attached to an aromatic ring is 1. The zero-order valence-corrected chi connectivity index (χ0v) is 17.0. The van der Waals surface area contributed by atoms with Crippen molar-refractivity contribution in [3.8, 4) is 5.75 Å². The maximum absolute atomic E-state index is 14.8. The van der Waals surface area contributed by atoms with Crippen LogP contribution in [0.5, 0.6) is 5.75 Å². The minimum absolute atomic E-state index is 0.149. The summed E-state index contributed by atoms with van der Waals surface area (Å²) < 4.78 is 77.2. The van der Waals surface area contributed by atoms with Crippen molar-refractivity contribution in [1.29, 1.82) is 0 Å². The fourth-order valence-corrected chi connectivity index (χ4v) is 4.76. The van der Waals surface area contributed by atoms with E-state index in [9.17, 15) is 32.4 Å². The van der Waals surface area contributed by atoms with Crippen LogP contribution in [0.15, 0.2) is 35.3 Å². The van der Waals surface area contributed by atoms with Gasteiger partial charge in [0.05, 0.1) is 0 Å². The van der Waals surface area contributed by atoms with Crippen molar-refractivity contribution in [1.82, 2.24) is 9.55 Å². The summed E-state index contributed by atoms with van der Waals surface area (Å²) in [6.07, 6.45) is -10.5. The number of rotatable bonds is 5. The molecule has 1 saturated heterocycles. The maximum atomic E-state index is 14.8. The van der Waals surface area contributed by atoms with Gasteiger partial charge in [0.2, 0.25) is 0 Å². The van der Waals surface area contributed by atoms with Crippen LogP contribution >= 0.6 is 8.17 Å². The van der Waals surface area contributed by atoms with Crippen molar-refractivity contribution in [2.24, 2.45) is 0 Å². The molecule has 0 saturated carbocycles. The number of alkyl halides is 3. The van der Waals surface area contributed by atoms with Gasteiger partial charge in [-0.05, 0) is 0 Å². The number of hydrogen-bond acceptors (Lipinski definition) is 9. The first-order valence-electron chi connectivity index (χ1n) is 9.16. The summed E-state index contributed by atoms with van der Waals surface area (Å²) in [5.41, 5.74) is 1.38. The first kappa shape index (κ1) is 22.8. The number of anilines is 1. The predicted octanol–water partition coefficient (Wildman–Crippen LogP) is 1.22. The van der Waals surface area contributed by atoms with E-state index in [1.807, 2.05) is 0 Å². The molecule has 4 atom stereocenters. The Morgan fingerprint density at radius 1 is 1.41 bits per heavy atom. The average molecular weight is 483 g/mol. The van der Waals surface area contributed by atoms with Crippen LogP contribution in [0.3, 0.4) is 0 Å². The molecule has 3 heterocycles. The number of aliphatic hydroxyl groups excluding tert-OH is 1. The summed E-state index contributed by atoms with van der Waals surface area (Å²) in [6, 6.07) is 6.42. The number of benzene rings is 1. The Morgan fingerprint density at radius 2 is 2.12 bits per heavy atom. The van der Waals surface area contributed by atoms with Gasteiger partial charge >= 0.3 is 177 Å². The zero-order chi connectivity index (χ0) is 23.3. The molecule has 4 N–H and O–H groups in total. The van der Waals surface area contributed by atoms with E-state index >= 15 is 0 Å². The molecule has 4 rings (SSSR count). The molecule has 2 aliphatic heterocycles. The molecule has 0 amide bonds. The van der Waals surface area contributed by atoms with Gasteiger partial charge in [-0.1, -0.05) is 0 Å². The van der Waals surface area contributed by atoms with Crippen LogP contribution in [-0.2, 0) is 20.4 Å². The van der Waals surface area contributed by atoms with Crippen LogP contribution in [0.1, 0.15) is 11.8 Å². The van der Waals surface area contributed by atoms with Gasteiger partial charge in [-0.2, -0.15) is 0 Å². The van der Waals surface area contributed by atoms with Crippen LogP contribution in [0.25, 0.3) is 0 Å². The average Bonchev–Trinajstić information content (AvgIpc) is 3.01. The molecule has 0 spiro atoms. The zero-order valence-electron chi connectivity index (χ0n) is 16.0. The van der Waals surface area contributed by atoms with E-state index in [2.05, 4.69) is 4.98 Å². The third-order valence-electron chi connectivity index (χ3n) is 5.09. The van der Waals surface area contributed by atoms with Gasteiger partial charge in [-0.15, -0.1) is 0 Å². The Bertz CT molecular complexity index is 1080. The molecular formula is C17H18F4N3O7P. The third kappa shape index (κ3) is 3.83. The number of aromatic nitrogens is 2. The summed E-state index contributed by atoms with van der Waals surface area (Å²) in [6.45, 7) is -1.42. The van der Waals surface area contributed by atoms with E-state index in [1.165, 1.54) is 6.07 Å². The fraction of sp³-hybridized carbons (Fsp3) is 0.412. The Labute approximate surface area is 177 Å². The molecule has 1 aromatic carbocycles. The van der Waals surface area contributed by atoms with Gasteiger partial charge in [-0.3, -0.25) is 0 Å². The van der Waals surface area contributed by atoms with Gasteiger partial charge in [0.25, 0.3) is 0 Å². The number of aliphatic hydroxyl groups is 1. The van der Waals surface area contributed by atoms with Crippen LogP contribution in [0.2, 0.25) is 0 Å². The first-order chi connectivity index (χ1) is 15.1. The molecule has 32 heavy (non-hydrogen) atoms. The number of para-hydroxylation sites is 1. The van der Waals surface area contributed by atoms with E-state index in [0.29, 0.717) is 11.8 Å². The molecule has 1 fully saturated rings. The molecular weight excluding hydrogens is 465 g/mol. The second-order valence-corrected chi connectivity index (χ2v) is 8.96. The van der Waals surface area contributed by atoms with Crippen molar-refractivity contribution in [3.63, 3.8) is 0 Å². The van der Waals surface area contributed by atoms with Crippen molar-refractivity contribution in [2.75, 3.05) is 12.3 Å². The standard InChI is InChI=1S/C17H18F4N3O7P/c18-9-5-24(16(26)23-13(9)22)14-11(19)12(25)17(30-14,15(20)21)7-29-32(27)28-6-8-3-1-2-4-10(8)31-32/h1-5,11-12,14-15,25,27,32H,6-7H2,(H2,22,23,26)/t11-,12-,14-,17-/m1/s1. The van der Waals surface area contributed by atoms with Crippen LogP contribution in [-0.4, -0.2) is 50.5 Å². The molecule has 10 nitrogen and oxygen atoms in total. The molecule has 0 aliphatic carbocycles. The van der Waals surface area contributed by atoms with Gasteiger partial charge in [-0.25, -0.2) is 0 Å². The molecule has 1 aromatic heterocycles. The quantitative estimate of drug-likeness (QED) is 0.423. The van der Waals surface area contributed by atoms with E-state index in [4.69, 9.17) is 24.0 Å². The molecule has 2 aromatic rings. The summed E-state index contributed by atoms with van der Waals surface area (Å²) in [5, 5.41) is 10.2. The second kappa shape index (κ2) is 8.21. The van der Waals surface area contributed by atoms with Crippen molar-refractivity contribution in [3.05, 3.63) is 52.3 Å². The van der Waals surface area contributed by atoms with Gasteiger partial charge < -0.3 is 0 Å². The van der Waals surface area contributed by atoms with Gasteiger partial charge in [0, 0.05) is 0 Å². The predicted molar refractivity (Wildman–Crippen MR) is 101 cm³/mol. The Morgan fingerprint density at radius 3 is 2.84 bits per heavy atom. The monoisotopic (exact) mass is 483 g/mol. The van der Waals surface area contributed by atoms with E-state index in [0.717, 1.165) is 0 Å². The Hall–Kier alpha value is -2.35. The molecule has 0 unspecified atom stereocenters. The second-order valence-electron chi connectivity index (χ2n) is 7.13.